The second-order valence-corrected chi connectivity index (χ2v) is 3.99. The van der Waals surface area contributed by atoms with Gasteiger partial charge < -0.3 is 0 Å². The lowest BCUT2D eigenvalue weighted by Gasteiger charge is -2.20. The lowest BCUT2D eigenvalue weighted by atomic mass is 9.90. The highest BCUT2D eigenvalue weighted by Crippen LogP contribution is 2.27. The summed E-state index contributed by atoms with van der Waals surface area (Å²) in [7, 11) is 0. The third-order valence-corrected chi connectivity index (χ3v) is 2.76. The Morgan fingerprint density at radius 1 is 1.43 bits per heavy atom. The molecule has 1 heteroatoms. The third-order valence-electron chi connectivity index (χ3n) is 2.76. The fourth-order valence-electron chi connectivity index (χ4n) is 1.61. The van der Waals surface area contributed by atoms with Gasteiger partial charge in [0, 0.05) is 17.5 Å². The largest absolute Gasteiger partial charge is 0.260 e. The van der Waals surface area contributed by atoms with Gasteiger partial charge in [-0.25, -0.2) is 0 Å². The maximum absolute atomic E-state index is 4.21. The van der Waals surface area contributed by atoms with Crippen molar-refractivity contribution in [2.75, 3.05) is 0 Å². The molecule has 0 spiro atoms. The number of aliphatic imine (C=N–C) groups is 1. The van der Waals surface area contributed by atoms with E-state index >= 15 is 0 Å². The smallest absolute Gasteiger partial charge is 0.0494 e. The van der Waals surface area contributed by atoms with Crippen LogP contribution in [0.15, 0.2) is 52.2 Å². The minimum absolute atomic E-state index is 1.09. The molecule has 2 aliphatic rings. The molecule has 0 bridgehead atoms. The van der Waals surface area contributed by atoms with E-state index in [1.165, 1.54) is 22.4 Å². The Labute approximate surface area is 85.2 Å². The van der Waals surface area contributed by atoms with Crippen LogP contribution in [0.2, 0.25) is 0 Å². The first-order chi connectivity index (χ1) is 6.66. The quantitative estimate of drug-likeness (QED) is 0.583. The highest BCUT2D eigenvalue weighted by Gasteiger charge is 2.16. The summed E-state index contributed by atoms with van der Waals surface area (Å²) in [5.74, 6) is 0. The zero-order valence-electron chi connectivity index (χ0n) is 8.80. The van der Waals surface area contributed by atoms with E-state index in [2.05, 4.69) is 30.6 Å². The van der Waals surface area contributed by atoms with Gasteiger partial charge in [-0.15, -0.1) is 0 Å². The molecule has 14 heavy (non-hydrogen) atoms. The molecule has 0 saturated heterocycles. The fourth-order valence-corrected chi connectivity index (χ4v) is 1.61. The molecule has 1 aliphatic carbocycles. The minimum Gasteiger partial charge on any atom is -0.260 e. The molecule has 1 heterocycles. The highest BCUT2D eigenvalue weighted by atomic mass is 14.8. The molecule has 0 aromatic rings. The molecule has 0 N–H and O–H groups in total. The van der Waals surface area contributed by atoms with E-state index in [1.807, 2.05) is 13.1 Å². The van der Waals surface area contributed by atoms with E-state index in [0.29, 0.717) is 0 Å². The van der Waals surface area contributed by atoms with Crippen LogP contribution in [0.1, 0.15) is 26.7 Å². The Morgan fingerprint density at radius 3 is 2.71 bits per heavy atom. The maximum atomic E-state index is 4.21. The van der Waals surface area contributed by atoms with Crippen molar-refractivity contribution in [2.24, 2.45) is 4.99 Å². The van der Waals surface area contributed by atoms with Gasteiger partial charge in [-0.3, -0.25) is 4.99 Å². The highest BCUT2D eigenvalue weighted by molar-refractivity contribution is 6.08. The standard InChI is InChI=1S/C13H15N/c1-9(2)10(3)6-11-4-5-13-12(7-11)8-14-13/h6-8H,1,4-5H2,2-3H3/b10-6+. The molecular weight excluding hydrogens is 170 g/mol. The van der Waals surface area contributed by atoms with Crippen molar-refractivity contribution in [1.29, 1.82) is 0 Å². The number of hydrogen-bond donors (Lipinski definition) is 0. The van der Waals surface area contributed by atoms with Crippen molar-refractivity contribution in [2.45, 2.75) is 26.7 Å². The molecule has 0 fully saturated rings. The van der Waals surface area contributed by atoms with Gasteiger partial charge in [0.2, 0.25) is 0 Å². The van der Waals surface area contributed by atoms with Gasteiger partial charge in [-0.05, 0) is 43.9 Å². The van der Waals surface area contributed by atoms with E-state index in [4.69, 9.17) is 0 Å². The maximum Gasteiger partial charge on any atom is 0.0494 e. The SMILES string of the molecule is C=C(C)/C(C)=C/C1=CC2=CN=C2CC1. The number of allylic oxidation sites excluding steroid dienone is 6. The Kier molecular flexibility index (Phi) is 2.24. The molecule has 0 aromatic heterocycles. The number of hydrogen-bond acceptors (Lipinski definition) is 1. The Morgan fingerprint density at radius 2 is 2.21 bits per heavy atom. The number of fused-ring (bicyclic) bond motifs is 1. The summed E-state index contributed by atoms with van der Waals surface area (Å²) >= 11 is 0. The zero-order chi connectivity index (χ0) is 10.1. The second kappa shape index (κ2) is 3.41. The molecular formula is C13H15N. The number of nitrogens with zero attached hydrogens (tertiary/aromatic N) is 1. The van der Waals surface area contributed by atoms with Crippen LogP contribution in [0.5, 0.6) is 0 Å². The van der Waals surface area contributed by atoms with Gasteiger partial charge in [-0.1, -0.05) is 18.2 Å². The molecule has 1 nitrogen and oxygen atoms in total. The Hall–Kier alpha value is -1.37. The van der Waals surface area contributed by atoms with Crippen molar-refractivity contribution in [3.05, 3.63) is 47.2 Å². The minimum atomic E-state index is 1.09. The number of rotatable bonds is 2. The summed E-state index contributed by atoms with van der Waals surface area (Å²) in [6.07, 6.45) is 8.62. The predicted molar refractivity (Wildman–Crippen MR) is 61.4 cm³/mol. The van der Waals surface area contributed by atoms with Crippen LogP contribution in [-0.4, -0.2) is 5.71 Å². The summed E-state index contributed by atoms with van der Waals surface area (Å²) < 4.78 is 0. The van der Waals surface area contributed by atoms with Crippen molar-refractivity contribution >= 4 is 5.71 Å². The van der Waals surface area contributed by atoms with Crippen LogP contribution in [0, 0.1) is 0 Å². The lowest BCUT2D eigenvalue weighted by molar-refractivity contribution is 1.000. The molecule has 0 unspecified atom stereocenters. The molecule has 0 saturated carbocycles. The average Bonchev–Trinajstić information content (AvgIpc) is 2.09. The first-order valence-electron chi connectivity index (χ1n) is 4.99. The van der Waals surface area contributed by atoms with E-state index in [-0.39, 0.29) is 0 Å². The fraction of sp³-hybridized carbons (Fsp3) is 0.308. The topological polar surface area (TPSA) is 12.4 Å². The van der Waals surface area contributed by atoms with Gasteiger partial charge in [0.1, 0.15) is 0 Å². The van der Waals surface area contributed by atoms with E-state index < -0.39 is 0 Å². The first kappa shape index (κ1) is 9.20. The van der Waals surface area contributed by atoms with Crippen molar-refractivity contribution in [3.63, 3.8) is 0 Å². The zero-order valence-corrected chi connectivity index (χ0v) is 8.80. The summed E-state index contributed by atoms with van der Waals surface area (Å²) in [6.45, 7) is 8.09. The molecule has 1 aliphatic heterocycles. The normalized spacial score (nSPS) is 20.1. The van der Waals surface area contributed by atoms with E-state index in [0.717, 1.165) is 18.4 Å². The third kappa shape index (κ3) is 1.63. The average molecular weight is 185 g/mol. The molecule has 0 atom stereocenters. The van der Waals surface area contributed by atoms with Crippen LogP contribution >= 0.6 is 0 Å². The molecule has 0 aromatic carbocycles. The van der Waals surface area contributed by atoms with Gasteiger partial charge >= 0.3 is 0 Å². The summed E-state index contributed by atoms with van der Waals surface area (Å²) in [6, 6.07) is 0. The Bertz CT molecular complexity index is 400. The van der Waals surface area contributed by atoms with Crippen molar-refractivity contribution < 1.29 is 0 Å². The van der Waals surface area contributed by atoms with Gasteiger partial charge in [0.25, 0.3) is 0 Å². The van der Waals surface area contributed by atoms with Crippen molar-refractivity contribution in [1.82, 2.24) is 0 Å². The lowest BCUT2D eigenvalue weighted by Crippen LogP contribution is -2.12. The van der Waals surface area contributed by atoms with Crippen molar-refractivity contribution in [3.8, 4) is 0 Å². The summed E-state index contributed by atoms with van der Waals surface area (Å²) in [5.41, 5.74) is 6.41. The Balaban J connectivity index is 2.17. The van der Waals surface area contributed by atoms with E-state index in [1.54, 1.807) is 0 Å². The monoisotopic (exact) mass is 185 g/mol. The molecule has 0 amide bonds. The van der Waals surface area contributed by atoms with Crippen LogP contribution in [-0.2, 0) is 0 Å². The summed E-state index contributed by atoms with van der Waals surface area (Å²) in [4.78, 5) is 4.21. The molecule has 72 valence electrons. The van der Waals surface area contributed by atoms with Crippen LogP contribution in [0.4, 0.5) is 0 Å². The first-order valence-corrected chi connectivity index (χ1v) is 4.99. The van der Waals surface area contributed by atoms with E-state index in [9.17, 15) is 0 Å². The van der Waals surface area contributed by atoms with Crippen LogP contribution < -0.4 is 0 Å². The summed E-state index contributed by atoms with van der Waals surface area (Å²) in [5, 5.41) is 0. The van der Waals surface area contributed by atoms with Gasteiger partial charge in [0.15, 0.2) is 0 Å². The predicted octanol–water partition coefficient (Wildman–Crippen LogP) is 3.57. The van der Waals surface area contributed by atoms with Crippen LogP contribution in [0.25, 0.3) is 0 Å². The van der Waals surface area contributed by atoms with Gasteiger partial charge in [0.05, 0.1) is 0 Å². The second-order valence-electron chi connectivity index (χ2n) is 3.99. The van der Waals surface area contributed by atoms with Crippen LogP contribution in [0.3, 0.4) is 0 Å². The molecule has 2 rings (SSSR count). The van der Waals surface area contributed by atoms with Gasteiger partial charge in [-0.2, -0.15) is 0 Å². The molecule has 0 radical (unpaired) electrons.